The van der Waals surface area contributed by atoms with Crippen LogP contribution in [0.15, 0.2) is 79.0 Å². The number of hydrogen-bond acceptors (Lipinski definition) is 3. The van der Waals surface area contributed by atoms with Gasteiger partial charge in [0.1, 0.15) is 18.4 Å². The number of nitrogens with one attached hydrogen (secondary N) is 2. The van der Waals surface area contributed by atoms with Gasteiger partial charge in [0.15, 0.2) is 0 Å². The molecule has 1 atom stereocenters. The quantitative estimate of drug-likeness (QED) is 0.366. The molecule has 4 aromatic rings. The van der Waals surface area contributed by atoms with E-state index in [0.717, 1.165) is 33.3 Å². The lowest BCUT2D eigenvalue weighted by atomic mass is 10.0. The Kier molecular flexibility index (Phi) is 6.34. The van der Waals surface area contributed by atoms with E-state index in [4.69, 9.17) is 4.74 Å². The lowest BCUT2D eigenvalue weighted by Gasteiger charge is -2.17. The molecule has 4 rings (SSSR count). The molecule has 0 aliphatic rings. The van der Waals surface area contributed by atoms with Gasteiger partial charge in [-0.05, 0) is 30.2 Å². The summed E-state index contributed by atoms with van der Waals surface area (Å²) in [6, 6.07) is 23.2. The van der Waals surface area contributed by atoms with Crippen LogP contribution in [0.5, 0.6) is 5.75 Å². The molecule has 3 aromatic carbocycles. The predicted molar refractivity (Wildman–Crippen MR) is 122 cm³/mol. The number of carboxylic acids is 1. The van der Waals surface area contributed by atoms with Gasteiger partial charge >= 0.3 is 5.97 Å². The summed E-state index contributed by atoms with van der Waals surface area (Å²) in [6.07, 6.45) is 2.28. The second-order valence-corrected chi connectivity index (χ2v) is 7.72. The first-order valence-electron chi connectivity index (χ1n) is 10.4. The number of hydrogen-bond donors (Lipinski definition) is 3. The smallest absolute Gasteiger partial charge is 0.321 e. The number of fused-ring (bicyclic) bond motifs is 1. The van der Waals surface area contributed by atoms with Gasteiger partial charge in [0, 0.05) is 35.6 Å². The second-order valence-electron chi connectivity index (χ2n) is 7.72. The first kappa shape index (κ1) is 20.7. The largest absolute Gasteiger partial charge is 0.489 e. The van der Waals surface area contributed by atoms with E-state index in [9.17, 15) is 9.90 Å². The molecule has 0 saturated carbocycles. The SMILES string of the molecule is Cc1cccc(COc2ccccc2CN[C@@H](Cc2c[nH]c3ccccc23)C(=O)O)c1. The number of rotatable bonds is 9. The van der Waals surface area contributed by atoms with Crippen LogP contribution in [0.4, 0.5) is 0 Å². The lowest BCUT2D eigenvalue weighted by molar-refractivity contribution is -0.139. The first-order valence-corrected chi connectivity index (χ1v) is 10.4. The number of benzene rings is 3. The van der Waals surface area contributed by atoms with Crippen molar-refractivity contribution >= 4 is 16.9 Å². The molecular weight excluding hydrogens is 388 g/mol. The van der Waals surface area contributed by atoms with E-state index in [1.807, 2.05) is 66.9 Å². The molecule has 0 spiro atoms. The monoisotopic (exact) mass is 414 g/mol. The minimum Gasteiger partial charge on any atom is -0.489 e. The first-order chi connectivity index (χ1) is 15.1. The number of para-hydroxylation sites is 2. The number of ether oxygens (including phenoxy) is 1. The van der Waals surface area contributed by atoms with Crippen LogP contribution in [0.25, 0.3) is 10.9 Å². The average molecular weight is 415 g/mol. The van der Waals surface area contributed by atoms with E-state index in [0.29, 0.717) is 19.6 Å². The van der Waals surface area contributed by atoms with Crippen molar-refractivity contribution in [3.63, 3.8) is 0 Å². The van der Waals surface area contributed by atoms with Crippen molar-refractivity contribution in [3.05, 3.63) is 101 Å². The Labute approximate surface area is 181 Å². The van der Waals surface area contributed by atoms with E-state index >= 15 is 0 Å². The Hall–Kier alpha value is -3.57. The molecule has 5 nitrogen and oxygen atoms in total. The normalized spacial score (nSPS) is 12.0. The summed E-state index contributed by atoms with van der Waals surface area (Å²) in [4.78, 5) is 15.1. The van der Waals surface area contributed by atoms with Crippen LogP contribution in [-0.4, -0.2) is 22.1 Å². The van der Waals surface area contributed by atoms with Gasteiger partial charge in [-0.15, -0.1) is 0 Å². The van der Waals surface area contributed by atoms with E-state index in [1.165, 1.54) is 5.56 Å². The number of H-pyrrole nitrogens is 1. The summed E-state index contributed by atoms with van der Waals surface area (Å²) in [5.74, 6) is -0.115. The van der Waals surface area contributed by atoms with Crippen LogP contribution in [0, 0.1) is 6.92 Å². The van der Waals surface area contributed by atoms with Crippen molar-refractivity contribution in [2.45, 2.75) is 32.5 Å². The molecule has 158 valence electrons. The zero-order chi connectivity index (χ0) is 21.6. The molecule has 5 heteroatoms. The van der Waals surface area contributed by atoms with Crippen molar-refractivity contribution in [2.75, 3.05) is 0 Å². The minimum atomic E-state index is -0.872. The van der Waals surface area contributed by atoms with Gasteiger partial charge in [-0.2, -0.15) is 0 Å². The Morgan fingerprint density at radius 2 is 1.84 bits per heavy atom. The topological polar surface area (TPSA) is 74.3 Å². The molecule has 0 saturated heterocycles. The summed E-state index contributed by atoms with van der Waals surface area (Å²) < 4.78 is 6.04. The van der Waals surface area contributed by atoms with E-state index in [1.54, 1.807) is 0 Å². The highest BCUT2D eigenvalue weighted by Crippen LogP contribution is 2.22. The Bertz CT molecular complexity index is 1180. The van der Waals surface area contributed by atoms with Crippen LogP contribution in [-0.2, 0) is 24.4 Å². The molecule has 0 unspecified atom stereocenters. The molecule has 31 heavy (non-hydrogen) atoms. The lowest BCUT2D eigenvalue weighted by Crippen LogP contribution is -2.38. The number of aliphatic carboxylic acids is 1. The summed E-state index contributed by atoms with van der Waals surface area (Å²) in [5.41, 5.74) is 5.22. The molecule has 0 aliphatic carbocycles. The fourth-order valence-corrected chi connectivity index (χ4v) is 3.75. The third-order valence-electron chi connectivity index (χ3n) is 5.39. The highest BCUT2D eigenvalue weighted by Gasteiger charge is 2.20. The van der Waals surface area contributed by atoms with Gasteiger partial charge in [-0.1, -0.05) is 66.2 Å². The van der Waals surface area contributed by atoms with Crippen molar-refractivity contribution in [1.82, 2.24) is 10.3 Å². The number of aryl methyl sites for hydroxylation is 1. The molecule has 3 N–H and O–H groups in total. The molecule has 0 fully saturated rings. The maximum absolute atomic E-state index is 11.9. The predicted octanol–water partition coefficient (Wildman–Crippen LogP) is 4.84. The zero-order valence-corrected chi connectivity index (χ0v) is 17.5. The Morgan fingerprint density at radius 3 is 2.68 bits per heavy atom. The molecule has 0 amide bonds. The number of carbonyl (C=O) groups is 1. The van der Waals surface area contributed by atoms with Gasteiger partial charge in [-0.3, -0.25) is 10.1 Å². The molecule has 0 radical (unpaired) electrons. The third kappa shape index (κ3) is 5.13. The number of aromatic amines is 1. The Morgan fingerprint density at radius 1 is 1.03 bits per heavy atom. The third-order valence-corrected chi connectivity index (χ3v) is 5.39. The summed E-state index contributed by atoms with van der Waals surface area (Å²) >= 11 is 0. The minimum absolute atomic E-state index is 0.395. The maximum atomic E-state index is 11.9. The van der Waals surface area contributed by atoms with Gasteiger partial charge in [0.05, 0.1) is 0 Å². The van der Waals surface area contributed by atoms with Gasteiger partial charge in [0.25, 0.3) is 0 Å². The number of carboxylic acid groups (broad SMARTS) is 1. The molecular formula is C26H26N2O3. The van der Waals surface area contributed by atoms with Crippen molar-refractivity contribution in [1.29, 1.82) is 0 Å². The molecule has 0 bridgehead atoms. The standard InChI is InChI=1S/C26H26N2O3/c1-18-7-6-8-19(13-18)17-31-25-12-5-2-9-20(25)15-28-24(26(29)30)14-21-16-27-23-11-4-3-10-22(21)23/h2-13,16,24,27-28H,14-15,17H2,1H3,(H,29,30)/t24-/m0/s1. The van der Waals surface area contributed by atoms with Crippen LogP contribution < -0.4 is 10.1 Å². The molecule has 0 aliphatic heterocycles. The van der Waals surface area contributed by atoms with Crippen molar-refractivity contribution in [3.8, 4) is 5.75 Å². The number of aromatic nitrogens is 1. The van der Waals surface area contributed by atoms with Crippen molar-refractivity contribution < 1.29 is 14.6 Å². The zero-order valence-electron chi connectivity index (χ0n) is 17.5. The fourth-order valence-electron chi connectivity index (χ4n) is 3.75. The van der Waals surface area contributed by atoms with E-state index < -0.39 is 12.0 Å². The summed E-state index contributed by atoms with van der Waals surface area (Å²) in [6.45, 7) is 2.93. The van der Waals surface area contributed by atoms with Crippen LogP contribution >= 0.6 is 0 Å². The highest BCUT2D eigenvalue weighted by atomic mass is 16.5. The van der Waals surface area contributed by atoms with Gasteiger partial charge in [0.2, 0.25) is 0 Å². The van der Waals surface area contributed by atoms with Crippen LogP contribution in [0.2, 0.25) is 0 Å². The second kappa shape index (κ2) is 9.49. The molecule has 1 heterocycles. The van der Waals surface area contributed by atoms with E-state index in [-0.39, 0.29) is 0 Å². The summed E-state index contributed by atoms with van der Waals surface area (Å²) in [5, 5.41) is 14.0. The van der Waals surface area contributed by atoms with Gasteiger partial charge in [-0.25, -0.2) is 0 Å². The van der Waals surface area contributed by atoms with Crippen molar-refractivity contribution in [2.24, 2.45) is 0 Å². The average Bonchev–Trinajstić information content (AvgIpc) is 3.18. The highest BCUT2D eigenvalue weighted by molar-refractivity contribution is 5.84. The molecule has 1 aromatic heterocycles. The van der Waals surface area contributed by atoms with Gasteiger partial charge < -0.3 is 14.8 Å². The fraction of sp³-hybridized carbons (Fsp3) is 0.192. The van der Waals surface area contributed by atoms with Crippen LogP contribution in [0.3, 0.4) is 0 Å². The maximum Gasteiger partial charge on any atom is 0.321 e. The van der Waals surface area contributed by atoms with Crippen LogP contribution in [0.1, 0.15) is 22.3 Å². The Balaban J connectivity index is 1.43. The summed E-state index contributed by atoms with van der Waals surface area (Å²) in [7, 11) is 0. The van der Waals surface area contributed by atoms with E-state index in [2.05, 4.69) is 29.4 Å².